The maximum atomic E-state index is 5.94. The second-order valence-corrected chi connectivity index (χ2v) is 6.08. The quantitative estimate of drug-likeness (QED) is 0.595. The number of H-pyrrole nitrogens is 1. The predicted molar refractivity (Wildman–Crippen MR) is 81.9 cm³/mol. The first kappa shape index (κ1) is 12.2. The molecule has 3 aromatic rings. The Kier molecular flexibility index (Phi) is 3.18. The van der Waals surface area contributed by atoms with Crippen molar-refractivity contribution in [2.75, 3.05) is 0 Å². The summed E-state index contributed by atoms with van der Waals surface area (Å²) in [4.78, 5) is 7.86. The predicted octanol–water partition coefficient (Wildman–Crippen LogP) is 5.41. The number of aromatic amines is 1. The fourth-order valence-corrected chi connectivity index (χ4v) is 3.02. The summed E-state index contributed by atoms with van der Waals surface area (Å²) in [5.74, 6) is 0.826. The molecule has 90 valence electrons. The van der Waals surface area contributed by atoms with E-state index in [2.05, 4.69) is 41.8 Å². The number of hydrogen-bond acceptors (Lipinski definition) is 1. The molecule has 0 fully saturated rings. The lowest BCUT2D eigenvalue weighted by atomic mass is 10.2. The molecule has 2 nitrogen and oxygen atoms in total. The summed E-state index contributed by atoms with van der Waals surface area (Å²) >= 11 is 12.9. The van der Waals surface area contributed by atoms with Crippen molar-refractivity contribution in [3.05, 3.63) is 50.4 Å². The van der Waals surface area contributed by atoms with E-state index in [-0.39, 0.29) is 0 Å². The minimum absolute atomic E-state index is 0.699. The Morgan fingerprint density at radius 3 is 2.67 bits per heavy atom. The number of nitrogens with one attached hydrogen (secondary N) is 1. The summed E-state index contributed by atoms with van der Waals surface area (Å²) < 4.78 is 1.95. The average molecular weight is 386 g/mol. The number of fused-ring (bicyclic) bond motifs is 1. The number of nitrogens with zero attached hydrogens (tertiary/aromatic N) is 1. The van der Waals surface area contributed by atoms with Gasteiger partial charge in [0.1, 0.15) is 5.82 Å². The van der Waals surface area contributed by atoms with Crippen molar-refractivity contribution in [2.24, 2.45) is 0 Å². The summed E-state index contributed by atoms with van der Waals surface area (Å²) in [7, 11) is 0. The molecule has 0 unspecified atom stereocenters. The number of rotatable bonds is 1. The van der Waals surface area contributed by atoms with Gasteiger partial charge in [-0.2, -0.15) is 0 Å². The lowest BCUT2D eigenvalue weighted by molar-refractivity contribution is 1.33. The third-order valence-electron chi connectivity index (χ3n) is 2.63. The number of aromatic nitrogens is 2. The van der Waals surface area contributed by atoms with E-state index in [4.69, 9.17) is 11.6 Å². The number of benzene rings is 2. The van der Waals surface area contributed by atoms with Crippen molar-refractivity contribution >= 4 is 54.5 Å². The van der Waals surface area contributed by atoms with Crippen LogP contribution in [0, 0.1) is 0 Å². The van der Waals surface area contributed by atoms with Crippen molar-refractivity contribution in [2.45, 2.75) is 0 Å². The van der Waals surface area contributed by atoms with Gasteiger partial charge in [-0.15, -0.1) is 0 Å². The van der Waals surface area contributed by atoms with Gasteiger partial charge in [0.25, 0.3) is 0 Å². The highest BCUT2D eigenvalue weighted by Gasteiger charge is 2.09. The smallest absolute Gasteiger partial charge is 0.139 e. The van der Waals surface area contributed by atoms with Crippen molar-refractivity contribution in [3.8, 4) is 11.4 Å². The van der Waals surface area contributed by atoms with E-state index >= 15 is 0 Å². The van der Waals surface area contributed by atoms with Gasteiger partial charge in [0.2, 0.25) is 0 Å². The van der Waals surface area contributed by atoms with Crippen LogP contribution < -0.4 is 0 Å². The van der Waals surface area contributed by atoms with Gasteiger partial charge in [-0.25, -0.2) is 4.98 Å². The second-order valence-electron chi connectivity index (χ2n) is 3.87. The minimum Gasteiger partial charge on any atom is -0.338 e. The summed E-state index contributed by atoms with van der Waals surface area (Å²) in [6.45, 7) is 0. The lowest BCUT2D eigenvalue weighted by Gasteiger charge is -2.00. The molecule has 0 saturated heterocycles. The molecule has 0 spiro atoms. The maximum absolute atomic E-state index is 5.94. The number of halogens is 3. The summed E-state index contributed by atoms with van der Waals surface area (Å²) in [6.07, 6.45) is 0. The number of imidazole rings is 1. The Labute approximate surface area is 126 Å². The third-order valence-corrected chi connectivity index (χ3v) is 4.01. The molecule has 1 heterocycles. The van der Waals surface area contributed by atoms with Crippen LogP contribution in [0.25, 0.3) is 22.4 Å². The molecule has 1 aromatic heterocycles. The Morgan fingerprint density at radius 2 is 1.89 bits per heavy atom. The fraction of sp³-hybridized carbons (Fsp3) is 0. The molecule has 18 heavy (non-hydrogen) atoms. The fourth-order valence-electron chi connectivity index (χ4n) is 1.79. The molecule has 0 atom stereocenters. The van der Waals surface area contributed by atoms with E-state index in [1.54, 1.807) is 0 Å². The Hall–Kier alpha value is -0.840. The normalized spacial score (nSPS) is 11.1. The summed E-state index contributed by atoms with van der Waals surface area (Å²) in [6, 6.07) is 11.6. The van der Waals surface area contributed by atoms with E-state index in [0.29, 0.717) is 5.02 Å². The Balaban J connectivity index is 2.19. The Morgan fingerprint density at radius 1 is 1.06 bits per heavy atom. The van der Waals surface area contributed by atoms with E-state index in [9.17, 15) is 0 Å². The first-order chi connectivity index (χ1) is 8.63. The zero-order chi connectivity index (χ0) is 12.7. The van der Waals surface area contributed by atoms with Crippen LogP contribution in [0.15, 0.2) is 45.3 Å². The zero-order valence-corrected chi connectivity index (χ0v) is 13.0. The van der Waals surface area contributed by atoms with Crippen LogP contribution in [-0.4, -0.2) is 9.97 Å². The van der Waals surface area contributed by atoms with Gasteiger partial charge in [0.05, 0.1) is 11.0 Å². The molecule has 0 aliphatic rings. The van der Waals surface area contributed by atoms with E-state index in [1.807, 2.05) is 36.4 Å². The largest absolute Gasteiger partial charge is 0.338 e. The third kappa shape index (κ3) is 2.20. The van der Waals surface area contributed by atoms with Crippen LogP contribution in [0.5, 0.6) is 0 Å². The molecule has 0 bridgehead atoms. The van der Waals surface area contributed by atoms with E-state index in [0.717, 1.165) is 31.4 Å². The first-order valence-corrected chi connectivity index (χ1v) is 7.20. The van der Waals surface area contributed by atoms with Gasteiger partial charge >= 0.3 is 0 Å². The van der Waals surface area contributed by atoms with Gasteiger partial charge in [0.15, 0.2) is 0 Å². The Bertz CT molecular complexity index is 737. The monoisotopic (exact) mass is 384 g/mol. The van der Waals surface area contributed by atoms with Crippen LogP contribution >= 0.6 is 43.5 Å². The van der Waals surface area contributed by atoms with Gasteiger partial charge in [-0.3, -0.25) is 0 Å². The van der Waals surface area contributed by atoms with Crippen LogP contribution in [0.2, 0.25) is 5.02 Å². The molecule has 0 aliphatic heterocycles. The van der Waals surface area contributed by atoms with Gasteiger partial charge < -0.3 is 4.98 Å². The molecular formula is C13H7Br2ClN2. The highest BCUT2D eigenvalue weighted by atomic mass is 79.9. The maximum Gasteiger partial charge on any atom is 0.139 e. The highest BCUT2D eigenvalue weighted by molar-refractivity contribution is 9.10. The molecule has 1 N–H and O–H groups in total. The topological polar surface area (TPSA) is 28.7 Å². The molecule has 0 aliphatic carbocycles. The van der Waals surface area contributed by atoms with E-state index in [1.165, 1.54) is 0 Å². The van der Waals surface area contributed by atoms with Gasteiger partial charge in [0, 0.05) is 19.5 Å². The average Bonchev–Trinajstić information content (AvgIpc) is 2.71. The number of hydrogen-bond donors (Lipinski definition) is 1. The van der Waals surface area contributed by atoms with E-state index < -0.39 is 0 Å². The second kappa shape index (κ2) is 4.68. The van der Waals surface area contributed by atoms with Crippen LogP contribution in [0.4, 0.5) is 0 Å². The van der Waals surface area contributed by atoms with Crippen LogP contribution in [0.1, 0.15) is 0 Å². The van der Waals surface area contributed by atoms with Crippen molar-refractivity contribution in [3.63, 3.8) is 0 Å². The molecule has 0 radical (unpaired) electrons. The molecule has 5 heteroatoms. The first-order valence-electron chi connectivity index (χ1n) is 5.24. The zero-order valence-electron chi connectivity index (χ0n) is 9.05. The molecular weight excluding hydrogens is 379 g/mol. The molecule has 0 amide bonds. The van der Waals surface area contributed by atoms with Crippen LogP contribution in [-0.2, 0) is 0 Å². The standard InChI is InChI=1S/C13H7Br2ClN2/c14-7-1-4-11-12(5-7)18-13(17-11)9-3-2-8(16)6-10(9)15/h1-6H,(H,17,18). The molecule has 3 rings (SSSR count). The summed E-state index contributed by atoms with van der Waals surface area (Å²) in [5.41, 5.74) is 2.93. The summed E-state index contributed by atoms with van der Waals surface area (Å²) in [5, 5.41) is 0.699. The minimum atomic E-state index is 0.699. The van der Waals surface area contributed by atoms with Crippen molar-refractivity contribution < 1.29 is 0 Å². The van der Waals surface area contributed by atoms with Crippen molar-refractivity contribution in [1.82, 2.24) is 9.97 Å². The molecule has 0 saturated carbocycles. The lowest BCUT2D eigenvalue weighted by Crippen LogP contribution is -1.82. The molecule has 2 aromatic carbocycles. The van der Waals surface area contributed by atoms with Crippen molar-refractivity contribution in [1.29, 1.82) is 0 Å². The highest BCUT2D eigenvalue weighted by Crippen LogP contribution is 2.30. The van der Waals surface area contributed by atoms with Gasteiger partial charge in [-0.1, -0.05) is 27.5 Å². The van der Waals surface area contributed by atoms with Gasteiger partial charge in [-0.05, 0) is 52.3 Å². The SMILES string of the molecule is Clc1ccc(-c2nc3ccc(Br)cc3[nH]2)c(Br)c1. The van der Waals surface area contributed by atoms with Crippen LogP contribution in [0.3, 0.4) is 0 Å².